The van der Waals surface area contributed by atoms with Gasteiger partial charge in [0.1, 0.15) is 5.56 Å². The fourth-order valence-corrected chi connectivity index (χ4v) is 2.76. The first kappa shape index (κ1) is 16.5. The maximum atomic E-state index is 12.1. The lowest BCUT2D eigenvalue weighted by Crippen LogP contribution is -2.14. The van der Waals surface area contributed by atoms with E-state index in [0.717, 1.165) is 6.07 Å². The van der Waals surface area contributed by atoms with Crippen LogP contribution in [0.5, 0.6) is 5.75 Å². The lowest BCUT2D eigenvalue weighted by atomic mass is 10.2. The Hall–Kier alpha value is -2.39. The van der Waals surface area contributed by atoms with E-state index < -0.39 is 23.1 Å². The molecule has 24 heavy (non-hydrogen) atoms. The van der Waals surface area contributed by atoms with Gasteiger partial charge >= 0.3 is 17.6 Å². The Labute approximate surface area is 150 Å². The van der Waals surface area contributed by atoms with Gasteiger partial charge in [0, 0.05) is 9.86 Å². The summed E-state index contributed by atoms with van der Waals surface area (Å²) >= 11 is 6.49. The molecule has 0 amide bonds. The highest BCUT2D eigenvalue weighted by Crippen LogP contribution is 2.39. The highest BCUT2D eigenvalue weighted by atomic mass is 79.9. The number of carbonyl (C=O) groups is 2. The van der Waals surface area contributed by atoms with Crippen LogP contribution in [0.25, 0.3) is 11.0 Å². The molecule has 1 aromatic carbocycles. The van der Waals surface area contributed by atoms with Crippen LogP contribution < -0.4 is 10.4 Å². The van der Waals surface area contributed by atoms with Crippen molar-refractivity contribution in [3.05, 3.63) is 61.2 Å². The van der Waals surface area contributed by atoms with Crippen LogP contribution in [0.3, 0.4) is 0 Å². The fourth-order valence-electron chi connectivity index (χ4n) is 1.96. The smallest absolute Gasteiger partial charge is 0.379 e. The average Bonchev–Trinajstić information content (AvgIpc) is 3.06. The number of rotatable bonds is 3. The summed E-state index contributed by atoms with van der Waals surface area (Å²) in [5, 5.41) is 9.28. The van der Waals surface area contributed by atoms with E-state index in [1.807, 2.05) is 0 Å². The molecule has 0 radical (unpaired) electrons. The maximum absolute atomic E-state index is 12.1. The molecule has 3 rings (SSSR count). The van der Waals surface area contributed by atoms with Crippen molar-refractivity contribution in [3.63, 3.8) is 0 Å². The fraction of sp³-hybridized carbons (Fsp3) is 0. The van der Waals surface area contributed by atoms with Gasteiger partial charge in [0.15, 0.2) is 11.3 Å². The Morgan fingerprint density at radius 3 is 2.58 bits per heavy atom. The summed E-state index contributed by atoms with van der Waals surface area (Å²) in [6, 6.07) is 5.60. The molecule has 0 aliphatic rings. The average molecular weight is 458 g/mol. The van der Waals surface area contributed by atoms with Gasteiger partial charge < -0.3 is 18.7 Å². The second kappa shape index (κ2) is 6.25. The van der Waals surface area contributed by atoms with Gasteiger partial charge in [0.2, 0.25) is 5.76 Å². The SMILES string of the molecule is O=C(Oc1c(Br)c(Br)cc2cc(C(=O)O)c(=O)oc12)c1ccco1. The minimum absolute atomic E-state index is 0.0421. The van der Waals surface area contributed by atoms with E-state index >= 15 is 0 Å². The normalized spacial score (nSPS) is 10.8. The van der Waals surface area contributed by atoms with Crippen molar-refractivity contribution >= 4 is 54.8 Å². The molecule has 7 nitrogen and oxygen atoms in total. The topological polar surface area (TPSA) is 107 Å². The van der Waals surface area contributed by atoms with E-state index in [1.54, 1.807) is 0 Å². The number of aromatic carboxylic acids is 1. The lowest BCUT2D eigenvalue weighted by Gasteiger charge is -2.10. The summed E-state index contributed by atoms with van der Waals surface area (Å²) in [6.07, 6.45) is 1.31. The van der Waals surface area contributed by atoms with Crippen molar-refractivity contribution in [2.75, 3.05) is 0 Å². The van der Waals surface area contributed by atoms with Gasteiger partial charge in [-0.25, -0.2) is 14.4 Å². The molecule has 0 spiro atoms. The Bertz CT molecular complexity index is 1020. The van der Waals surface area contributed by atoms with Crippen LogP contribution in [0.2, 0.25) is 0 Å². The Balaban J connectivity index is 2.20. The molecule has 2 aromatic heterocycles. The number of benzene rings is 1. The first-order valence-electron chi connectivity index (χ1n) is 6.33. The van der Waals surface area contributed by atoms with Crippen LogP contribution in [0.4, 0.5) is 0 Å². The molecule has 0 bridgehead atoms. The summed E-state index contributed by atoms with van der Waals surface area (Å²) in [6.45, 7) is 0. The van der Waals surface area contributed by atoms with Crippen LogP contribution >= 0.6 is 31.9 Å². The maximum Gasteiger partial charge on any atom is 0.379 e. The van der Waals surface area contributed by atoms with E-state index in [4.69, 9.17) is 18.7 Å². The molecule has 0 fully saturated rings. The minimum atomic E-state index is -1.42. The number of halogens is 2. The Morgan fingerprint density at radius 2 is 1.96 bits per heavy atom. The van der Waals surface area contributed by atoms with E-state index in [2.05, 4.69) is 31.9 Å². The van der Waals surface area contributed by atoms with Crippen molar-refractivity contribution in [1.82, 2.24) is 0 Å². The van der Waals surface area contributed by atoms with Gasteiger partial charge in [-0.05, 0) is 56.1 Å². The predicted molar refractivity (Wildman–Crippen MR) is 88.5 cm³/mol. The number of fused-ring (bicyclic) bond motifs is 1. The number of furan rings is 1. The Morgan fingerprint density at radius 1 is 1.21 bits per heavy atom. The molecule has 1 N–H and O–H groups in total. The van der Waals surface area contributed by atoms with E-state index in [-0.39, 0.29) is 22.5 Å². The molecular formula is C15H6Br2O7. The Kier molecular flexibility index (Phi) is 4.29. The van der Waals surface area contributed by atoms with Crippen LogP contribution in [0.1, 0.15) is 20.9 Å². The summed E-state index contributed by atoms with van der Waals surface area (Å²) in [7, 11) is 0. The largest absolute Gasteiger partial charge is 0.477 e. The third-order valence-corrected chi connectivity index (χ3v) is 4.97. The van der Waals surface area contributed by atoms with Crippen molar-refractivity contribution in [3.8, 4) is 5.75 Å². The van der Waals surface area contributed by atoms with Crippen LogP contribution in [0.15, 0.2) is 53.1 Å². The quantitative estimate of drug-likeness (QED) is 0.361. The molecule has 3 aromatic rings. The third kappa shape index (κ3) is 2.87. The second-order valence-corrected chi connectivity index (χ2v) is 6.19. The number of hydrogen-bond donors (Lipinski definition) is 1. The van der Waals surface area contributed by atoms with Gasteiger partial charge in [-0.15, -0.1) is 0 Å². The number of carbonyl (C=O) groups excluding carboxylic acids is 1. The molecule has 0 unspecified atom stereocenters. The number of esters is 1. The molecule has 0 aliphatic heterocycles. The number of hydrogen-bond acceptors (Lipinski definition) is 6. The minimum Gasteiger partial charge on any atom is -0.477 e. The number of carboxylic acids is 1. The number of ether oxygens (including phenoxy) is 1. The summed E-state index contributed by atoms with van der Waals surface area (Å²) < 4.78 is 16.0. The predicted octanol–water partition coefficient (Wildman–Crippen LogP) is 3.83. The zero-order valence-electron chi connectivity index (χ0n) is 11.5. The van der Waals surface area contributed by atoms with Gasteiger partial charge in [-0.2, -0.15) is 0 Å². The van der Waals surface area contributed by atoms with E-state index in [0.29, 0.717) is 8.95 Å². The zero-order chi connectivity index (χ0) is 17.4. The van der Waals surface area contributed by atoms with Crippen molar-refractivity contribution in [1.29, 1.82) is 0 Å². The monoisotopic (exact) mass is 456 g/mol. The molecular weight excluding hydrogens is 452 g/mol. The molecule has 0 aliphatic carbocycles. The van der Waals surface area contributed by atoms with Gasteiger partial charge in [0.05, 0.1) is 10.7 Å². The highest BCUT2D eigenvalue weighted by molar-refractivity contribution is 9.13. The van der Waals surface area contributed by atoms with Crippen LogP contribution in [-0.2, 0) is 0 Å². The molecule has 0 saturated carbocycles. The molecule has 0 atom stereocenters. The van der Waals surface area contributed by atoms with E-state index in [9.17, 15) is 14.4 Å². The molecule has 2 heterocycles. The first-order valence-corrected chi connectivity index (χ1v) is 7.92. The number of carboxylic acid groups (broad SMARTS) is 1. The molecule has 122 valence electrons. The van der Waals surface area contributed by atoms with Crippen molar-refractivity contribution < 1.29 is 28.3 Å². The summed E-state index contributed by atoms with van der Waals surface area (Å²) in [4.78, 5) is 34.9. The van der Waals surface area contributed by atoms with Gasteiger partial charge in [-0.1, -0.05) is 0 Å². The molecule has 0 saturated heterocycles. The van der Waals surface area contributed by atoms with Crippen molar-refractivity contribution in [2.24, 2.45) is 0 Å². The first-order chi connectivity index (χ1) is 11.4. The third-order valence-electron chi connectivity index (χ3n) is 3.02. The lowest BCUT2D eigenvalue weighted by molar-refractivity contribution is 0.0682. The van der Waals surface area contributed by atoms with E-state index in [1.165, 1.54) is 24.5 Å². The van der Waals surface area contributed by atoms with Crippen LogP contribution in [0, 0.1) is 0 Å². The highest BCUT2D eigenvalue weighted by Gasteiger charge is 2.22. The second-order valence-electron chi connectivity index (χ2n) is 4.54. The van der Waals surface area contributed by atoms with Crippen molar-refractivity contribution in [2.45, 2.75) is 0 Å². The zero-order valence-corrected chi connectivity index (χ0v) is 14.7. The van der Waals surface area contributed by atoms with Gasteiger partial charge in [-0.3, -0.25) is 0 Å². The molecule has 9 heteroatoms. The summed E-state index contributed by atoms with van der Waals surface area (Å²) in [5.41, 5.74) is -1.65. The standard InChI is InChI=1S/C15H6Br2O7/c16-8-5-6-4-7(13(18)19)14(20)23-11(6)12(10(8)17)24-15(21)9-2-1-3-22-9/h1-5H,(H,18,19). The van der Waals surface area contributed by atoms with Gasteiger partial charge in [0.25, 0.3) is 0 Å². The van der Waals surface area contributed by atoms with Crippen LogP contribution in [-0.4, -0.2) is 17.0 Å². The summed E-state index contributed by atoms with van der Waals surface area (Å²) in [5.74, 6) is -2.33.